The topological polar surface area (TPSA) is 58.2 Å². The van der Waals surface area contributed by atoms with Gasteiger partial charge < -0.3 is 5.32 Å². The summed E-state index contributed by atoms with van der Waals surface area (Å²) < 4.78 is 26.5. The van der Waals surface area contributed by atoms with Gasteiger partial charge in [-0.3, -0.25) is 0 Å². The average molecular weight is 305 g/mol. The molecule has 0 amide bonds. The van der Waals surface area contributed by atoms with E-state index in [-0.39, 0.29) is 16.6 Å². The van der Waals surface area contributed by atoms with Gasteiger partial charge in [-0.05, 0) is 18.7 Å². The van der Waals surface area contributed by atoms with Crippen LogP contribution in [0.3, 0.4) is 0 Å². The van der Waals surface area contributed by atoms with Gasteiger partial charge in [0.25, 0.3) is 0 Å². The molecule has 0 radical (unpaired) electrons. The summed E-state index contributed by atoms with van der Waals surface area (Å²) in [6.07, 6.45) is 0. The van der Waals surface area contributed by atoms with Crippen molar-refractivity contribution in [1.82, 2.24) is 10.0 Å². The Balaban J connectivity index is 0.00000225. The van der Waals surface area contributed by atoms with Crippen molar-refractivity contribution in [3.8, 4) is 0 Å². The molecule has 1 rings (SSSR count). The number of nitrogens with one attached hydrogen (secondary N) is 2. The SMILES string of the molecule is CCNCCNS(=O)(=O)c1ccc(Cl)s1.Cl. The summed E-state index contributed by atoms with van der Waals surface area (Å²) in [5.41, 5.74) is 0. The first kappa shape index (κ1) is 16.1. The second kappa shape index (κ2) is 7.47. The molecule has 0 aliphatic carbocycles. The highest BCUT2D eigenvalue weighted by atomic mass is 35.5. The van der Waals surface area contributed by atoms with Crippen LogP contribution < -0.4 is 10.0 Å². The second-order valence-electron chi connectivity index (χ2n) is 2.81. The van der Waals surface area contributed by atoms with Crippen molar-refractivity contribution in [2.45, 2.75) is 11.1 Å². The van der Waals surface area contributed by atoms with E-state index in [0.717, 1.165) is 17.9 Å². The van der Waals surface area contributed by atoms with E-state index in [1.165, 1.54) is 6.07 Å². The third-order valence-electron chi connectivity index (χ3n) is 1.66. The minimum Gasteiger partial charge on any atom is -0.316 e. The molecule has 1 heterocycles. The summed E-state index contributed by atoms with van der Waals surface area (Å²) in [6.45, 7) is 3.79. The van der Waals surface area contributed by atoms with E-state index in [4.69, 9.17) is 11.6 Å². The van der Waals surface area contributed by atoms with Crippen LogP contribution in [0.25, 0.3) is 0 Å². The van der Waals surface area contributed by atoms with E-state index in [1.807, 2.05) is 6.92 Å². The van der Waals surface area contributed by atoms with Crippen LogP contribution in [0.1, 0.15) is 6.92 Å². The first-order chi connectivity index (χ1) is 7.06. The summed E-state index contributed by atoms with van der Waals surface area (Å²) in [7, 11) is -3.38. The van der Waals surface area contributed by atoms with Crippen molar-refractivity contribution in [3.05, 3.63) is 16.5 Å². The predicted octanol–water partition coefficient (Wildman–Crippen LogP) is 1.71. The van der Waals surface area contributed by atoms with Gasteiger partial charge in [-0.1, -0.05) is 18.5 Å². The number of rotatable bonds is 6. The number of halogens is 2. The molecule has 0 unspecified atom stereocenters. The third kappa shape index (κ3) is 4.99. The summed E-state index contributed by atoms with van der Waals surface area (Å²) in [5.74, 6) is 0. The Kier molecular flexibility index (Phi) is 7.54. The first-order valence-corrected chi connectivity index (χ1v) is 7.19. The largest absolute Gasteiger partial charge is 0.316 e. The van der Waals surface area contributed by atoms with E-state index in [0.29, 0.717) is 17.4 Å². The number of hydrogen-bond donors (Lipinski definition) is 2. The van der Waals surface area contributed by atoms with Gasteiger partial charge >= 0.3 is 0 Å². The van der Waals surface area contributed by atoms with Crippen molar-refractivity contribution in [2.75, 3.05) is 19.6 Å². The van der Waals surface area contributed by atoms with Crippen LogP contribution in [0.4, 0.5) is 0 Å². The molecular weight excluding hydrogens is 291 g/mol. The van der Waals surface area contributed by atoms with Gasteiger partial charge in [0.05, 0.1) is 4.34 Å². The minimum atomic E-state index is -3.38. The minimum absolute atomic E-state index is 0. The standard InChI is InChI=1S/C8H13ClN2O2S2.ClH/c1-2-10-5-6-11-15(12,13)8-4-3-7(9)14-8;/h3-4,10-11H,2,5-6H2,1H3;1H. The molecule has 2 N–H and O–H groups in total. The van der Waals surface area contributed by atoms with Crippen LogP contribution in [-0.4, -0.2) is 28.1 Å². The molecule has 4 nitrogen and oxygen atoms in total. The fraction of sp³-hybridized carbons (Fsp3) is 0.500. The monoisotopic (exact) mass is 304 g/mol. The summed E-state index contributed by atoms with van der Waals surface area (Å²) in [6, 6.07) is 3.08. The Labute approximate surface area is 111 Å². The van der Waals surface area contributed by atoms with Crippen molar-refractivity contribution >= 4 is 45.4 Å². The normalized spacial score (nSPS) is 11.1. The molecule has 0 bridgehead atoms. The molecule has 0 fully saturated rings. The van der Waals surface area contributed by atoms with E-state index in [1.54, 1.807) is 6.07 Å². The Morgan fingerprint density at radius 3 is 2.56 bits per heavy atom. The zero-order valence-electron chi connectivity index (χ0n) is 8.70. The third-order valence-corrected chi connectivity index (χ3v) is 4.84. The van der Waals surface area contributed by atoms with E-state index < -0.39 is 10.0 Å². The second-order valence-corrected chi connectivity index (χ2v) is 6.52. The number of thiophene rings is 1. The fourth-order valence-corrected chi connectivity index (χ4v) is 3.52. The highest BCUT2D eigenvalue weighted by Crippen LogP contribution is 2.24. The lowest BCUT2D eigenvalue weighted by Crippen LogP contribution is -2.31. The maximum absolute atomic E-state index is 11.6. The molecule has 0 aliphatic rings. The maximum atomic E-state index is 11.6. The zero-order valence-corrected chi connectivity index (χ0v) is 11.9. The highest BCUT2D eigenvalue weighted by Gasteiger charge is 2.15. The van der Waals surface area contributed by atoms with Crippen molar-refractivity contribution in [2.24, 2.45) is 0 Å². The van der Waals surface area contributed by atoms with E-state index in [2.05, 4.69) is 10.0 Å². The number of likely N-dealkylation sites (N-methyl/N-ethyl adjacent to an activating group) is 1. The molecule has 0 aromatic carbocycles. The van der Waals surface area contributed by atoms with Crippen molar-refractivity contribution in [3.63, 3.8) is 0 Å². The molecule has 0 aliphatic heterocycles. The Morgan fingerprint density at radius 1 is 1.38 bits per heavy atom. The van der Waals surface area contributed by atoms with Gasteiger partial charge in [0, 0.05) is 13.1 Å². The Bertz CT molecular complexity index is 406. The van der Waals surface area contributed by atoms with Crippen LogP contribution in [0.15, 0.2) is 16.3 Å². The summed E-state index contributed by atoms with van der Waals surface area (Å²) >= 11 is 6.72. The molecule has 0 saturated carbocycles. The van der Waals surface area contributed by atoms with Gasteiger partial charge in [-0.2, -0.15) is 0 Å². The molecule has 1 aromatic rings. The maximum Gasteiger partial charge on any atom is 0.250 e. The van der Waals surface area contributed by atoms with Crippen LogP contribution in [0.2, 0.25) is 4.34 Å². The van der Waals surface area contributed by atoms with Gasteiger partial charge in [0.2, 0.25) is 10.0 Å². The van der Waals surface area contributed by atoms with Crippen LogP contribution in [0, 0.1) is 0 Å². The first-order valence-electron chi connectivity index (χ1n) is 4.52. The van der Waals surface area contributed by atoms with Crippen molar-refractivity contribution in [1.29, 1.82) is 0 Å². The predicted molar refractivity (Wildman–Crippen MR) is 70.3 cm³/mol. The quantitative estimate of drug-likeness (QED) is 0.787. The van der Waals surface area contributed by atoms with Crippen molar-refractivity contribution < 1.29 is 8.42 Å². The number of hydrogen-bond acceptors (Lipinski definition) is 4. The molecule has 8 heteroatoms. The van der Waals surface area contributed by atoms with Crippen LogP contribution in [-0.2, 0) is 10.0 Å². The van der Waals surface area contributed by atoms with E-state index >= 15 is 0 Å². The molecular formula is C8H14Cl2N2O2S2. The molecule has 16 heavy (non-hydrogen) atoms. The molecule has 0 atom stereocenters. The van der Waals surface area contributed by atoms with Gasteiger partial charge in [0.1, 0.15) is 4.21 Å². The lowest BCUT2D eigenvalue weighted by molar-refractivity contribution is 0.579. The van der Waals surface area contributed by atoms with Gasteiger partial charge in [-0.25, -0.2) is 13.1 Å². The van der Waals surface area contributed by atoms with E-state index in [9.17, 15) is 8.42 Å². The summed E-state index contributed by atoms with van der Waals surface area (Å²) in [5, 5.41) is 3.03. The number of sulfonamides is 1. The van der Waals surface area contributed by atoms with Crippen LogP contribution in [0.5, 0.6) is 0 Å². The highest BCUT2D eigenvalue weighted by molar-refractivity contribution is 7.91. The average Bonchev–Trinajstić information content (AvgIpc) is 2.60. The zero-order chi connectivity index (χ0) is 11.3. The lowest BCUT2D eigenvalue weighted by atomic mass is 10.6. The fourth-order valence-electron chi connectivity index (χ4n) is 0.964. The summed E-state index contributed by atoms with van der Waals surface area (Å²) in [4.78, 5) is 0. The van der Waals surface area contributed by atoms with Gasteiger partial charge in [-0.15, -0.1) is 23.7 Å². The molecule has 0 spiro atoms. The molecule has 1 aromatic heterocycles. The molecule has 94 valence electrons. The Morgan fingerprint density at radius 2 is 2.06 bits per heavy atom. The Hall–Kier alpha value is 0.150. The smallest absolute Gasteiger partial charge is 0.250 e. The molecule has 0 saturated heterocycles. The van der Waals surface area contributed by atoms with Crippen LogP contribution >= 0.6 is 35.3 Å². The van der Waals surface area contributed by atoms with Gasteiger partial charge in [0.15, 0.2) is 0 Å². The lowest BCUT2D eigenvalue weighted by Gasteiger charge is -2.04.